The van der Waals surface area contributed by atoms with Crippen molar-refractivity contribution < 1.29 is 17.9 Å². The van der Waals surface area contributed by atoms with Gasteiger partial charge in [0.25, 0.3) is 0 Å². The van der Waals surface area contributed by atoms with Crippen LogP contribution >= 0.6 is 11.6 Å². The zero-order chi connectivity index (χ0) is 27.4. The van der Waals surface area contributed by atoms with Gasteiger partial charge in [-0.3, -0.25) is 4.79 Å². The second-order valence-corrected chi connectivity index (χ2v) is 12.9. The van der Waals surface area contributed by atoms with Gasteiger partial charge < -0.3 is 20.3 Å². The number of sulfone groups is 1. The molecule has 3 heterocycles. The molecule has 2 aliphatic rings. The smallest absolute Gasteiger partial charge is 0.225 e. The zero-order valence-electron chi connectivity index (χ0n) is 21.9. The average Bonchev–Trinajstić information content (AvgIpc) is 3.45. The van der Waals surface area contributed by atoms with Gasteiger partial charge in [-0.25, -0.2) is 23.4 Å². The van der Waals surface area contributed by atoms with E-state index in [1.54, 1.807) is 18.3 Å². The summed E-state index contributed by atoms with van der Waals surface area (Å²) in [6.45, 7) is 1.69. The number of nitrogens with zero attached hydrogens (tertiary/aromatic N) is 4. The molecule has 0 spiro atoms. The maximum Gasteiger partial charge on any atom is 0.225 e. The molecule has 5 rings (SSSR count). The van der Waals surface area contributed by atoms with Crippen LogP contribution in [0.2, 0.25) is 5.02 Å². The Bertz CT molecular complexity index is 1440. The van der Waals surface area contributed by atoms with Crippen molar-refractivity contribution in [3.8, 4) is 5.75 Å². The third-order valence-electron chi connectivity index (χ3n) is 7.25. The lowest BCUT2D eigenvalue weighted by Gasteiger charge is -2.33. The molecule has 1 aliphatic carbocycles. The molecule has 1 saturated carbocycles. The van der Waals surface area contributed by atoms with Crippen LogP contribution in [0, 0.1) is 5.92 Å². The van der Waals surface area contributed by atoms with Gasteiger partial charge in [0.15, 0.2) is 0 Å². The van der Waals surface area contributed by atoms with Crippen LogP contribution in [0.1, 0.15) is 38.5 Å². The summed E-state index contributed by atoms with van der Waals surface area (Å²) in [6.07, 6.45) is 10.2. The number of amides is 1. The maximum atomic E-state index is 12.7. The van der Waals surface area contributed by atoms with Crippen LogP contribution in [-0.4, -0.2) is 71.9 Å². The largest absolute Gasteiger partial charge is 0.489 e. The van der Waals surface area contributed by atoms with Crippen LogP contribution in [0.25, 0.3) is 10.9 Å². The van der Waals surface area contributed by atoms with E-state index in [1.165, 1.54) is 12.6 Å². The number of fused-ring (bicyclic) bond motifs is 1. The minimum absolute atomic E-state index is 0.00767. The number of carbonyl (C=O) groups excluding carboxylic acids is 1. The number of piperidine rings is 1. The summed E-state index contributed by atoms with van der Waals surface area (Å²) < 4.78 is 29.0. The van der Waals surface area contributed by atoms with Crippen molar-refractivity contribution in [3.63, 3.8) is 0 Å². The second kappa shape index (κ2) is 11.9. The van der Waals surface area contributed by atoms with Gasteiger partial charge in [0, 0.05) is 55.7 Å². The van der Waals surface area contributed by atoms with Crippen LogP contribution in [0.5, 0.6) is 5.75 Å². The molecule has 0 unspecified atom stereocenters. The van der Waals surface area contributed by atoms with Crippen molar-refractivity contribution in [2.45, 2.75) is 44.6 Å². The normalized spacial score (nSPS) is 16.9. The summed E-state index contributed by atoms with van der Waals surface area (Å²) in [5.41, 5.74) is 1.37. The third kappa shape index (κ3) is 7.07. The molecule has 0 atom stereocenters. The Morgan fingerprint density at radius 2 is 1.87 bits per heavy atom. The standard InChI is InChI=1S/C27H33ClN6O4S/c1-39(36,37)13-10-29-25-15-21-23(16-30-25)31-17-32-26(21)33-19-6-7-24(22(28)14-19)38-20-8-11-34(12-9-20)27(35)18-4-2-3-5-18/h6-7,14-18,20H,2-5,8-13H2,1H3,(H,29,30)(H,31,32,33). The van der Waals surface area contributed by atoms with Crippen LogP contribution < -0.4 is 15.4 Å². The minimum atomic E-state index is -3.08. The number of anilines is 3. The van der Waals surface area contributed by atoms with Gasteiger partial charge in [-0.05, 0) is 37.1 Å². The predicted molar refractivity (Wildman–Crippen MR) is 152 cm³/mol. The molecule has 39 heavy (non-hydrogen) atoms. The molecular weight excluding hydrogens is 540 g/mol. The summed E-state index contributed by atoms with van der Waals surface area (Å²) in [5, 5.41) is 7.52. The summed E-state index contributed by atoms with van der Waals surface area (Å²) >= 11 is 6.59. The highest BCUT2D eigenvalue weighted by Crippen LogP contribution is 2.33. The Morgan fingerprint density at radius 1 is 1.10 bits per heavy atom. The number of carbonyl (C=O) groups is 1. The Kier molecular flexibility index (Phi) is 8.37. The van der Waals surface area contributed by atoms with E-state index in [2.05, 4.69) is 25.6 Å². The average molecular weight is 573 g/mol. The molecule has 0 radical (unpaired) electrons. The van der Waals surface area contributed by atoms with E-state index < -0.39 is 9.84 Å². The molecule has 1 aliphatic heterocycles. The fraction of sp³-hybridized carbons (Fsp3) is 0.481. The van der Waals surface area contributed by atoms with E-state index in [-0.39, 0.29) is 24.3 Å². The first-order valence-electron chi connectivity index (χ1n) is 13.3. The molecule has 0 bridgehead atoms. The third-order valence-corrected chi connectivity index (χ3v) is 8.49. The highest BCUT2D eigenvalue weighted by atomic mass is 35.5. The van der Waals surface area contributed by atoms with Gasteiger partial charge in [0.05, 0.1) is 22.5 Å². The fourth-order valence-electron chi connectivity index (χ4n) is 5.14. The van der Waals surface area contributed by atoms with Crippen molar-refractivity contribution >= 4 is 55.6 Å². The number of benzene rings is 1. The van der Waals surface area contributed by atoms with Crippen molar-refractivity contribution in [2.24, 2.45) is 5.92 Å². The number of halogens is 1. The lowest BCUT2D eigenvalue weighted by molar-refractivity contribution is -0.137. The number of hydrogen-bond acceptors (Lipinski definition) is 9. The van der Waals surface area contributed by atoms with Gasteiger partial charge in [0.2, 0.25) is 5.91 Å². The quantitative estimate of drug-likeness (QED) is 0.382. The maximum absolute atomic E-state index is 12.7. The minimum Gasteiger partial charge on any atom is -0.489 e. The van der Waals surface area contributed by atoms with E-state index in [0.717, 1.165) is 62.7 Å². The molecule has 2 N–H and O–H groups in total. The number of nitrogens with one attached hydrogen (secondary N) is 2. The van der Waals surface area contributed by atoms with E-state index in [0.29, 0.717) is 33.8 Å². The molecule has 10 nitrogen and oxygen atoms in total. The molecule has 1 aromatic carbocycles. The van der Waals surface area contributed by atoms with Crippen LogP contribution in [-0.2, 0) is 14.6 Å². The topological polar surface area (TPSA) is 126 Å². The first kappa shape index (κ1) is 27.4. The molecule has 1 saturated heterocycles. The molecule has 3 aromatic rings. The van der Waals surface area contributed by atoms with Crippen molar-refractivity contribution in [2.75, 3.05) is 42.3 Å². The Hall–Kier alpha value is -3.18. The Morgan fingerprint density at radius 3 is 2.59 bits per heavy atom. The van der Waals surface area contributed by atoms with Gasteiger partial charge >= 0.3 is 0 Å². The second-order valence-electron chi connectivity index (χ2n) is 10.3. The predicted octanol–water partition coefficient (Wildman–Crippen LogP) is 4.44. The van der Waals surface area contributed by atoms with Crippen LogP contribution in [0.3, 0.4) is 0 Å². The number of pyridine rings is 1. The van der Waals surface area contributed by atoms with Crippen LogP contribution in [0.15, 0.2) is 36.8 Å². The Labute approximate surface area is 233 Å². The molecule has 2 fully saturated rings. The lowest BCUT2D eigenvalue weighted by Crippen LogP contribution is -2.44. The molecule has 12 heteroatoms. The number of rotatable bonds is 9. The summed E-state index contributed by atoms with van der Waals surface area (Å²) in [4.78, 5) is 27.7. The SMILES string of the molecule is CS(=O)(=O)CCNc1cc2c(Nc3ccc(OC4CCN(C(=O)C5CCCC5)CC4)c(Cl)c3)ncnc2cn1. The molecular formula is C27H33ClN6O4S. The molecule has 2 aromatic heterocycles. The van der Waals surface area contributed by atoms with Gasteiger partial charge in [0.1, 0.15) is 39.7 Å². The number of ether oxygens (including phenoxy) is 1. The van der Waals surface area contributed by atoms with Crippen molar-refractivity contribution in [1.82, 2.24) is 19.9 Å². The molecule has 208 valence electrons. The van der Waals surface area contributed by atoms with Gasteiger partial charge in [-0.15, -0.1) is 0 Å². The summed E-state index contributed by atoms with van der Waals surface area (Å²) in [7, 11) is -3.08. The fourth-order valence-corrected chi connectivity index (χ4v) is 5.83. The van der Waals surface area contributed by atoms with E-state index in [9.17, 15) is 13.2 Å². The number of likely N-dealkylation sites (tertiary alicyclic amines) is 1. The van der Waals surface area contributed by atoms with Gasteiger partial charge in [-0.1, -0.05) is 24.4 Å². The van der Waals surface area contributed by atoms with Crippen LogP contribution in [0.4, 0.5) is 17.3 Å². The van der Waals surface area contributed by atoms with E-state index in [4.69, 9.17) is 16.3 Å². The lowest BCUT2D eigenvalue weighted by atomic mass is 10.0. The highest BCUT2D eigenvalue weighted by Gasteiger charge is 2.30. The van der Waals surface area contributed by atoms with Crippen molar-refractivity contribution in [1.29, 1.82) is 0 Å². The summed E-state index contributed by atoms with van der Waals surface area (Å²) in [5.74, 6) is 2.23. The molecule has 1 amide bonds. The van der Waals surface area contributed by atoms with Gasteiger partial charge in [-0.2, -0.15) is 0 Å². The van der Waals surface area contributed by atoms with E-state index in [1.807, 2.05) is 17.0 Å². The number of aromatic nitrogens is 3. The highest BCUT2D eigenvalue weighted by molar-refractivity contribution is 7.90. The zero-order valence-corrected chi connectivity index (χ0v) is 23.5. The number of hydrogen-bond donors (Lipinski definition) is 2. The van der Waals surface area contributed by atoms with E-state index >= 15 is 0 Å². The first-order valence-corrected chi connectivity index (χ1v) is 15.7. The summed E-state index contributed by atoms with van der Waals surface area (Å²) in [6, 6.07) is 7.28. The van der Waals surface area contributed by atoms with Crippen molar-refractivity contribution in [3.05, 3.63) is 41.8 Å². The Balaban J connectivity index is 1.21. The monoisotopic (exact) mass is 572 g/mol. The first-order chi connectivity index (χ1) is 18.7.